The molecule has 0 aromatic heterocycles. The fraction of sp³-hybridized carbons (Fsp3) is 0.250. The van der Waals surface area contributed by atoms with E-state index in [2.05, 4.69) is 34.7 Å². The summed E-state index contributed by atoms with van der Waals surface area (Å²) in [5.41, 5.74) is 6.88. The van der Waals surface area contributed by atoms with Crippen LogP contribution in [-0.4, -0.2) is 0 Å². The van der Waals surface area contributed by atoms with Crippen molar-refractivity contribution < 1.29 is 0 Å². The first-order valence-electron chi connectivity index (χ1n) is 3.21. The lowest BCUT2D eigenvalue weighted by atomic mass is 10.1. The van der Waals surface area contributed by atoms with Crippen molar-refractivity contribution in [3.05, 3.63) is 33.4 Å². The molecule has 1 rings (SSSR count). The monoisotopic (exact) mass is 247 g/mol. The molecule has 0 spiro atoms. The van der Waals surface area contributed by atoms with E-state index in [1.807, 2.05) is 19.1 Å². The normalized spacial score (nSPS) is 13.1. The summed E-state index contributed by atoms with van der Waals surface area (Å²) in [6, 6.07) is 8.39. The molecule has 0 fully saturated rings. The number of rotatable bonds is 1. The van der Waals surface area contributed by atoms with Crippen molar-refractivity contribution in [2.24, 2.45) is 5.73 Å². The van der Waals surface area contributed by atoms with Gasteiger partial charge in [0.25, 0.3) is 0 Å². The van der Waals surface area contributed by atoms with Gasteiger partial charge in [-0.25, -0.2) is 0 Å². The molecule has 0 saturated carbocycles. The average Bonchev–Trinajstić information content (AvgIpc) is 1.88. The molecule has 2 heteroatoms. The molecule has 0 saturated heterocycles. The highest BCUT2D eigenvalue weighted by Gasteiger charge is 1.97. The zero-order valence-corrected chi connectivity index (χ0v) is 8.00. The summed E-state index contributed by atoms with van der Waals surface area (Å²) >= 11 is 2.28. The summed E-state index contributed by atoms with van der Waals surface area (Å²) in [6.07, 6.45) is 0. The Balaban J connectivity index is 2.96. The molecule has 54 valence electrons. The van der Waals surface area contributed by atoms with Crippen LogP contribution < -0.4 is 5.73 Å². The molecule has 10 heavy (non-hydrogen) atoms. The van der Waals surface area contributed by atoms with E-state index in [-0.39, 0.29) is 6.04 Å². The Labute approximate surface area is 74.8 Å². The third kappa shape index (κ3) is 1.95. The molecular weight excluding hydrogens is 237 g/mol. The van der Waals surface area contributed by atoms with Gasteiger partial charge in [-0.15, -0.1) is 0 Å². The van der Waals surface area contributed by atoms with E-state index < -0.39 is 0 Å². The number of nitrogens with two attached hydrogens (primary N) is 1. The van der Waals surface area contributed by atoms with E-state index in [0.717, 1.165) is 0 Å². The Morgan fingerprint density at radius 1 is 1.50 bits per heavy atom. The SMILES string of the molecule is CC(N)c1cccc(I)c1. The van der Waals surface area contributed by atoms with E-state index in [9.17, 15) is 0 Å². The van der Waals surface area contributed by atoms with Crippen LogP contribution >= 0.6 is 22.6 Å². The molecule has 2 N–H and O–H groups in total. The predicted molar refractivity (Wildman–Crippen MR) is 51.8 cm³/mol. The maximum atomic E-state index is 5.68. The molecule has 1 nitrogen and oxygen atoms in total. The van der Waals surface area contributed by atoms with Crippen molar-refractivity contribution in [2.75, 3.05) is 0 Å². The summed E-state index contributed by atoms with van der Waals surface area (Å²) in [4.78, 5) is 0. The Morgan fingerprint density at radius 2 is 2.20 bits per heavy atom. The fourth-order valence-electron chi connectivity index (χ4n) is 0.790. The number of halogens is 1. The van der Waals surface area contributed by atoms with Gasteiger partial charge in [-0.05, 0) is 47.2 Å². The van der Waals surface area contributed by atoms with Crippen LogP contribution in [0.3, 0.4) is 0 Å². The molecule has 1 atom stereocenters. The first-order valence-corrected chi connectivity index (χ1v) is 4.29. The van der Waals surface area contributed by atoms with Gasteiger partial charge >= 0.3 is 0 Å². The van der Waals surface area contributed by atoms with E-state index >= 15 is 0 Å². The molecule has 0 heterocycles. The van der Waals surface area contributed by atoms with Gasteiger partial charge in [-0.3, -0.25) is 0 Å². The third-order valence-corrected chi connectivity index (χ3v) is 2.05. The highest BCUT2D eigenvalue weighted by atomic mass is 127. The van der Waals surface area contributed by atoms with Crippen LogP contribution in [-0.2, 0) is 0 Å². The van der Waals surface area contributed by atoms with Crippen molar-refractivity contribution in [2.45, 2.75) is 13.0 Å². The highest BCUT2D eigenvalue weighted by Crippen LogP contribution is 2.12. The van der Waals surface area contributed by atoms with Crippen LogP contribution in [0.4, 0.5) is 0 Å². The van der Waals surface area contributed by atoms with Gasteiger partial charge in [0.1, 0.15) is 0 Å². The predicted octanol–water partition coefficient (Wildman–Crippen LogP) is 2.31. The second-order valence-corrected chi connectivity index (χ2v) is 3.59. The number of hydrogen-bond donors (Lipinski definition) is 1. The van der Waals surface area contributed by atoms with Crippen molar-refractivity contribution in [1.29, 1.82) is 0 Å². The second-order valence-electron chi connectivity index (χ2n) is 2.34. The Hall–Kier alpha value is -0.0900. The van der Waals surface area contributed by atoms with Gasteiger partial charge in [0.05, 0.1) is 0 Å². The number of hydrogen-bond acceptors (Lipinski definition) is 1. The third-order valence-electron chi connectivity index (χ3n) is 1.37. The first kappa shape index (κ1) is 8.01. The van der Waals surface area contributed by atoms with E-state index in [4.69, 9.17) is 5.73 Å². The molecule has 0 radical (unpaired) electrons. The van der Waals surface area contributed by atoms with E-state index in [1.54, 1.807) is 0 Å². The molecule has 0 aliphatic rings. The molecule has 1 aromatic carbocycles. The lowest BCUT2D eigenvalue weighted by Crippen LogP contribution is -2.04. The smallest absolute Gasteiger partial charge is 0.0266 e. The maximum Gasteiger partial charge on any atom is 0.0266 e. The van der Waals surface area contributed by atoms with Crippen LogP contribution in [0, 0.1) is 3.57 Å². The average molecular weight is 247 g/mol. The minimum absolute atomic E-state index is 0.148. The number of benzene rings is 1. The van der Waals surface area contributed by atoms with Gasteiger partial charge in [0, 0.05) is 9.61 Å². The van der Waals surface area contributed by atoms with Gasteiger partial charge in [0.2, 0.25) is 0 Å². The zero-order valence-electron chi connectivity index (χ0n) is 5.84. The minimum Gasteiger partial charge on any atom is -0.324 e. The molecule has 0 aliphatic heterocycles. The van der Waals surface area contributed by atoms with Crippen molar-refractivity contribution in [3.8, 4) is 0 Å². The lowest BCUT2D eigenvalue weighted by Gasteiger charge is -2.04. The lowest BCUT2D eigenvalue weighted by molar-refractivity contribution is 0.817. The van der Waals surface area contributed by atoms with Crippen LogP contribution in [0.15, 0.2) is 24.3 Å². The Kier molecular flexibility index (Phi) is 2.68. The van der Waals surface area contributed by atoms with Gasteiger partial charge < -0.3 is 5.73 Å². The summed E-state index contributed by atoms with van der Waals surface area (Å²) in [5.74, 6) is 0. The van der Waals surface area contributed by atoms with Crippen LogP contribution in [0.25, 0.3) is 0 Å². The van der Waals surface area contributed by atoms with Crippen molar-refractivity contribution in [3.63, 3.8) is 0 Å². The topological polar surface area (TPSA) is 26.0 Å². The quantitative estimate of drug-likeness (QED) is 0.757. The molecule has 1 aromatic rings. The van der Waals surface area contributed by atoms with Crippen molar-refractivity contribution >= 4 is 22.6 Å². The van der Waals surface area contributed by atoms with Crippen molar-refractivity contribution in [1.82, 2.24) is 0 Å². The van der Waals surface area contributed by atoms with Gasteiger partial charge in [-0.1, -0.05) is 12.1 Å². The summed E-state index contributed by atoms with van der Waals surface area (Å²) < 4.78 is 1.24. The molecule has 1 unspecified atom stereocenters. The molecule has 0 aliphatic carbocycles. The molecular formula is C8H10IN. The maximum absolute atomic E-state index is 5.68. The zero-order chi connectivity index (χ0) is 7.56. The van der Waals surface area contributed by atoms with Gasteiger partial charge in [-0.2, -0.15) is 0 Å². The van der Waals surface area contributed by atoms with Gasteiger partial charge in [0.15, 0.2) is 0 Å². The van der Waals surface area contributed by atoms with Crippen LogP contribution in [0.1, 0.15) is 18.5 Å². The van der Waals surface area contributed by atoms with E-state index in [0.29, 0.717) is 0 Å². The first-order chi connectivity index (χ1) is 4.70. The van der Waals surface area contributed by atoms with Crippen LogP contribution in [0.2, 0.25) is 0 Å². The fourth-order valence-corrected chi connectivity index (χ4v) is 1.36. The second kappa shape index (κ2) is 3.34. The Morgan fingerprint density at radius 3 is 2.60 bits per heavy atom. The summed E-state index contributed by atoms with van der Waals surface area (Å²) in [5, 5.41) is 0. The van der Waals surface area contributed by atoms with E-state index in [1.165, 1.54) is 9.13 Å². The Bertz CT molecular complexity index is 220. The molecule has 0 bridgehead atoms. The summed E-state index contributed by atoms with van der Waals surface area (Å²) in [7, 11) is 0. The summed E-state index contributed by atoms with van der Waals surface area (Å²) in [6.45, 7) is 1.99. The standard InChI is InChI=1S/C8H10IN/c1-6(10)7-3-2-4-8(9)5-7/h2-6H,10H2,1H3. The van der Waals surface area contributed by atoms with Crippen LogP contribution in [0.5, 0.6) is 0 Å². The molecule has 0 amide bonds. The largest absolute Gasteiger partial charge is 0.324 e. The highest BCUT2D eigenvalue weighted by molar-refractivity contribution is 14.1. The minimum atomic E-state index is 0.148.